The standard InChI is InChI=1S/C25H33N3O8.C20H25N3O6.C13H9FN2O4.C11H24N2O4.CH3I.CH4.ClH/c1-25(2,3)36-24(33)26-10-12-35-14-13-34-11-4-5-16-6-7-17-18(15-16)23(32)28(22(17)31)19-8-9-20(29)27-21(19)30;21-7-9-29-11-10-28-8-1-2-13-3-4-14-15(12-13)20(27)23(19(14)26)16-5-6-17(24)22-18(16)25;14-6-1-2-7-8(5-6)13(20)16(12(7)19)9-3-4-10(17)15-11(9)18;1-11(2,3)17-10(14)13-5-7-16-9-8-15-6-4-12;1-2;;/h6-7,15,19H,4-5,8-14H2,1-3H3,(H,26,33)(H,27,29,30);3-4,12,16H,1-2,5-11,21H2,(H,22,24,25);1-2,5,9H,3-4H2,(H,15,17,18);4-9,12H2,1-3H3,(H,13,14);1H3;1H4;1H. The molecular formula is C71H99ClFIN10O22. The molecule has 9 N–H and O–H groups in total. The molecule has 0 spiro atoms. The minimum atomic E-state index is -1.02. The molecule has 0 radical (unpaired) electrons. The second-order valence-corrected chi connectivity index (χ2v) is 25.6. The third kappa shape index (κ3) is 28.8. The molecule has 6 heterocycles. The molecule has 3 saturated heterocycles. The van der Waals surface area contributed by atoms with Crippen molar-refractivity contribution >= 4 is 118 Å². The summed E-state index contributed by atoms with van der Waals surface area (Å²) < 4.78 is 55.3. The number of nitrogens with two attached hydrogens (primary N) is 2. The highest BCUT2D eigenvalue weighted by atomic mass is 127. The third-order valence-electron chi connectivity index (χ3n) is 15.4. The number of aryl methyl sites for hydroxylation is 2. The van der Waals surface area contributed by atoms with Gasteiger partial charge in [-0.05, 0) is 145 Å². The fraction of sp³-hybridized carbons (Fsp3) is 0.549. The fourth-order valence-corrected chi connectivity index (χ4v) is 10.8. The second kappa shape index (κ2) is 46.0. The topological polar surface area (TPSA) is 435 Å². The molecule has 6 aliphatic heterocycles. The van der Waals surface area contributed by atoms with Gasteiger partial charge in [0.1, 0.15) is 35.1 Å². The first-order chi connectivity index (χ1) is 49.5. The smallest absolute Gasteiger partial charge is 0.407 e. The number of carbonyl (C=O) groups is 14. The van der Waals surface area contributed by atoms with Crippen molar-refractivity contribution in [2.45, 2.75) is 143 Å². The number of halogens is 3. The highest BCUT2D eigenvalue weighted by molar-refractivity contribution is 14.1. The maximum atomic E-state index is 13.2. The quantitative estimate of drug-likeness (QED) is 0.0210. The summed E-state index contributed by atoms with van der Waals surface area (Å²) >= 11 is 2.15. The summed E-state index contributed by atoms with van der Waals surface area (Å²) in [5.74, 6) is -7.14. The number of hydrogen-bond donors (Lipinski definition) is 7. The van der Waals surface area contributed by atoms with Crippen LogP contribution in [0.3, 0.4) is 0 Å². The molecule has 0 aromatic heterocycles. The van der Waals surface area contributed by atoms with E-state index in [0.29, 0.717) is 130 Å². The Balaban J connectivity index is 0.000000375. The number of fused-ring (bicyclic) bond motifs is 3. The second-order valence-electron chi connectivity index (χ2n) is 25.6. The Hall–Kier alpha value is -8.33. The number of nitrogens with zero attached hydrogens (tertiary/aromatic N) is 3. The van der Waals surface area contributed by atoms with Gasteiger partial charge in [-0.25, -0.2) is 14.0 Å². The normalized spacial score (nSPS) is 17.2. The van der Waals surface area contributed by atoms with E-state index < -0.39 is 118 Å². The van der Waals surface area contributed by atoms with Crippen LogP contribution in [0.2, 0.25) is 0 Å². The van der Waals surface area contributed by atoms with E-state index in [4.69, 9.17) is 49.4 Å². The van der Waals surface area contributed by atoms with Crippen molar-refractivity contribution in [1.82, 2.24) is 41.3 Å². The molecule has 0 saturated carbocycles. The molecule has 6 aliphatic rings. The molecule has 3 aromatic carbocycles. The van der Waals surface area contributed by atoms with Crippen molar-refractivity contribution in [3.63, 3.8) is 0 Å². The first-order valence-corrected chi connectivity index (χ1v) is 36.1. The van der Waals surface area contributed by atoms with E-state index in [-0.39, 0.29) is 86.2 Å². The van der Waals surface area contributed by atoms with Gasteiger partial charge in [0.05, 0.1) is 99.4 Å². The Morgan fingerprint density at radius 3 is 1.03 bits per heavy atom. The predicted molar refractivity (Wildman–Crippen MR) is 391 cm³/mol. The van der Waals surface area contributed by atoms with Gasteiger partial charge < -0.3 is 60.0 Å². The van der Waals surface area contributed by atoms with Crippen molar-refractivity contribution < 1.29 is 109 Å². The number of nitrogens with one attached hydrogen (secondary N) is 5. The molecule has 3 atom stereocenters. The van der Waals surface area contributed by atoms with Gasteiger partial charge in [-0.2, -0.15) is 0 Å². The summed E-state index contributed by atoms with van der Waals surface area (Å²) in [5, 5.41) is 11.7. The van der Waals surface area contributed by atoms with Crippen LogP contribution in [0.5, 0.6) is 0 Å². The molecule has 14 amide bonds. The van der Waals surface area contributed by atoms with Gasteiger partial charge in [0.2, 0.25) is 35.4 Å². The molecule has 0 aliphatic carbocycles. The summed E-state index contributed by atoms with van der Waals surface area (Å²) in [6.45, 7) is 18.3. The Morgan fingerprint density at radius 1 is 0.443 bits per heavy atom. The molecule has 586 valence electrons. The number of alkyl halides is 1. The minimum absolute atomic E-state index is 0. The molecule has 3 fully saturated rings. The van der Waals surface area contributed by atoms with Crippen molar-refractivity contribution in [3.05, 3.63) is 105 Å². The van der Waals surface area contributed by atoms with E-state index in [1.807, 2.05) is 31.8 Å². The van der Waals surface area contributed by atoms with Crippen LogP contribution in [0.15, 0.2) is 54.6 Å². The number of alkyl carbamates (subject to hydrolysis) is 2. The molecule has 3 aromatic rings. The van der Waals surface area contributed by atoms with Crippen molar-refractivity contribution in [3.8, 4) is 0 Å². The number of benzene rings is 3. The Kier molecular flexibility index (Phi) is 39.9. The van der Waals surface area contributed by atoms with Crippen LogP contribution in [0.4, 0.5) is 14.0 Å². The zero-order valence-corrected chi connectivity index (χ0v) is 62.9. The third-order valence-corrected chi connectivity index (χ3v) is 15.4. The van der Waals surface area contributed by atoms with E-state index in [1.54, 1.807) is 51.1 Å². The molecule has 32 nitrogen and oxygen atoms in total. The van der Waals surface area contributed by atoms with Gasteiger partial charge in [0.25, 0.3) is 35.4 Å². The van der Waals surface area contributed by atoms with Crippen molar-refractivity contribution in [1.29, 1.82) is 0 Å². The van der Waals surface area contributed by atoms with E-state index in [9.17, 15) is 71.5 Å². The highest BCUT2D eigenvalue weighted by Gasteiger charge is 2.47. The predicted octanol–water partition coefficient (Wildman–Crippen LogP) is 4.43. The monoisotopic (exact) mass is 1620 g/mol. The van der Waals surface area contributed by atoms with Crippen molar-refractivity contribution in [2.75, 3.05) is 110 Å². The van der Waals surface area contributed by atoms with Crippen LogP contribution in [0.25, 0.3) is 0 Å². The van der Waals surface area contributed by atoms with E-state index in [0.717, 1.165) is 44.4 Å². The zero-order valence-electron chi connectivity index (χ0n) is 60.0. The Morgan fingerprint density at radius 2 is 0.726 bits per heavy atom. The molecule has 106 heavy (non-hydrogen) atoms. The Labute approximate surface area is 634 Å². The van der Waals surface area contributed by atoms with E-state index >= 15 is 0 Å². The van der Waals surface area contributed by atoms with Crippen LogP contribution in [-0.4, -0.2) is 237 Å². The minimum Gasteiger partial charge on any atom is -0.444 e. The summed E-state index contributed by atoms with van der Waals surface area (Å²) in [7, 11) is 0. The van der Waals surface area contributed by atoms with Crippen LogP contribution >= 0.6 is 35.0 Å². The molecular weight excluding hydrogens is 1530 g/mol. The van der Waals surface area contributed by atoms with Gasteiger partial charge in [-0.3, -0.25) is 88.2 Å². The van der Waals surface area contributed by atoms with E-state index in [2.05, 4.69) is 49.2 Å². The zero-order chi connectivity index (χ0) is 76.7. The molecule has 9 rings (SSSR count). The number of carbonyl (C=O) groups excluding carboxylic acids is 14. The lowest BCUT2D eigenvalue weighted by Gasteiger charge is -2.27. The Bertz CT molecular complexity index is 3570. The van der Waals surface area contributed by atoms with Gasteiger partial charge in [-0.1, -0.05) is 42.2 Å². The van der Waals surface area contributed by atoms with Crippen LogP contribution < -0.4 is 38.1 Å². The lowest BCUT2D eigenvalue weighted by molar-refractivity contribution is -0.137. The number of imide groups is 6. The highest BCUT2D eigenvalue weighted by Crippen LogP contribution is 2.32. The van der Waals surface area contributed by atoms with Gasteiger partial charge in [0.15, 0.2) is 0 Å². The average molecular weight is 1630 g/mol. The number of hydrogen-bond acceptors (Lipinski definition) is 24. The van der Waals surface area contributed by atoms with Crippen LogP contribution in [0, 0.1) is 5.82 Å². The fourth-order valence-electron chi connectivity index (χ4n) is 10.8. The number of rotatable bonds is 30. The largest absolute Gasteiger partial charge is 0.444 e. The van der Waals surface area contributed by atoms with Gasteiger partial charge in [-0.15, -0.1) is 12.4 Å². The lowest BCUT2D eigenvalue weighted by atomic mass is 10.0. The van der Waals surface area contributed by atoms with Gasteiger partial charge in [0, 0.05) is 58.7 Å². The maximum Gasteiger partial charge on any atom is 0.407 e. The number of amides is 14. The van der Waals surface area contributed by atoms with Crippen LogP contribution in [0.1, 0.15) is 174 Å². The molecule has 0 bridgehead atoms. The SMILES string of the molecule is C.CC(C)(C)OC(=O)NCCOCCOCCCc1ccc2c(c1)C(=O)N(C1CCC(=O)NC1=O)C2=O.CC(C)(C)OC(=O)NCCOCCOCCN.CI.Cl.NCCOCCOCCCc1ccc2c(c1)C(=O)N(C1CCC(=O)NC1=O)C2=O.O=C1CCC(N2C(=O)c3ccc(F)cc3C2=O)C(=O)N1. The summed E-state index contributed by atoms with van der Waals surface area (Å²) in [6.07, 6.45) is 2.49. The van der Waals surface area contributed by atoms with Crippen molar-refractivity contribution in [2.24, 2.45) is 11.5 Å². The summed E-state index contributed by atoms with van der Waals surface area (Å²) in [6, 6.07) is 10.5. The van der Waals surface area contributed by atoms with Gasteiger partial charge >= 0.3 is 12.2 Å². The maximum absolute atomic E-state index is 13.2. The summed E-state index contributed by atoms with van der Waals surface area (Å²) in [4.78, 5) is 173. The lowest BCUT2D eigenvalue weighted by Crippen LogP contribution is -2.54. The number of piperidine rings is 3. The van der Waals surface area contributed by atoms with E-state index in [1.165, 1.54) is 6.07 Å². The average Bonchev–Trinajstić information content (AvgIpc) is 1.63. The summed E-state index contributed by atoms with van der Waals surface area (Å²) in [5.41, 5.74) is 12.5. The first kappa shape index (κ1) is 91.9. The molecule has 35 heteroatoms. The number of ether oxygens (including phenoxy) is 8. The van der Waals surface area contributed by atoms with Crippen LogP contribution in [-0.2, 0) is 79.5 Å². The first-order valence-electron chi connectivity index (χ1n) is 33.9. The molecule has 3 unspecified atom stereocenters.